The van der Waals surface area contributed by atoms with Gasteiger partial charge in [0.15, 0.2) is 11.6 Å². The smallest absolute Gasteiger partial charge is 0.307 e. The van der Waals surface area contributed by atoms with E-state index in [0.29, 0.717) is 11.1 Å². The molecule has 1 rings (SSSR count). The first kappa shape index (κ1) is 13.3. The van der Waals surface area contributed by atoms with Crippen molar-refractivity contribution in [1.82, 2.24) is 0 Å². The number of carboxylic acid groups (broad SMARTS) is 1. The maximum absolute atomic E-state index is 13.9. The molecule has 0 aliphatic carbocycles. The van der Waals surface area contributed by atoms with Crippen molar-refractivity contribution in [3.8, 4) is 11.5 Å². The van der Waals surface area contributed by atoms with Gasteiger partial charge in [-0.3, -0.25) is 4.79 Å². The Balaban J connectivity index is 3.54. The molecule has 0 aliphatic rings. The minimum Gasteiger partial charge on any atom is -0.496 e. The van der Waals surface area contributed by atoms with Gasteiger partial charge in [0.05, 0.1) is 20.6 Å². The number of carbonyl (C=O) groups is 1. The van der Waals surface area contributed by atoms with Crippen molar-refractivity contribution in [2.75, 3.05) is 14.2 Å². The number of carboxylic acids is 1. The number of halogens is 1. The lowest BCUT2D eigenvalue weighted by Crippen LogP contribution is -2.09. The van der Waals surface area contributed by atoms with Gasteiger partial charge in [-0.1, -0.05) is 0 Å². The third kappa shape index (κ3) is 2.33. The number of rotatable bonds is 4. The molecule has 0 saturated heterocycles. The highest BCUT2D eigenvalue weighted by molar-refractivity contribution is 5.73. The third-order valence-corrected chi connectivity index (χ3v) is 2.67. The average molecular weight is 242 g/mol. The molecule has 17 heavy (non-hydrogen) atoms. The van der Waals surface area contributed by atoms with E-state index in [1.165, 1.54) is 21.1 Å². The minimum absolute atomic E-state index is 0.0690. The Labute approximate surface area is 99.0 Å². The molecule has 0 atom stereocenters. The summed E-state index contributed by atoms with van der Waals surface area (Å²) in [4.78, 5) is 10.8. The Bertz CT molecular complexity index is 455. The van der Waals surface area contributed by atoms with Crippen LogP contribution in [0.5, 0.6) is 11.5 Å². The first-order chi connectivity index (χ1) is 7.93. The second kappa shape index (κ2) is 5.03. The van der Waals surface area contributed by atoms with Crippen LogP contribution in [0.25, 0.3) is 0 Å². The van der Waals surface area contributed by atoms with Crippen LogP contribution in [0, 0.1) is 19.7 Å². The van der Waals surface area contributed by atoms with Crippen LogP contribution in [-0.2, 0) is 11.2 Å². The van der Waals surface area contributed by atoms with Crippen LogP contribution in [0.4, 0.5) is 4.39 Å². The summed E-state index contributed by atoms with van der Waals surface area (Å²) in [6, 6.07) is 0. The Morgan fingerprint density at radius 1 is 1.18 bits per heavy atom. The number of benzene rings is 1. The lowest BCUT2D eigenvalue weighted by molar-refractivity contribution is -0.136. The molecule has 0 radical (unpaired) electrons. The van der Waals surface area contributed by atoms with Crippen molar-refractivity contribution >= 4 is 5.97 Å². The molecule has 94 valence electrons. The van der Waals surface area contributed by atoms with Crippen molar-refractivity contribution in [3.05, 3.63) is 22.5 Å². The Morgan fingerprint density at radius 2 is 1.71 bits per heavy atom. The zero-order valence-corrected chi connectivity index (χ0v) is 10.3. The molecule has 0 saturated carbocycles. The maximum Gasteiger partial charge on any atom is 0.307 e. The third-order valence-electron chi connectivity index (χ3n) is 2.67. The number of aliphatic carboxylic acids is 1. The van der Waals surface area contributed by atoms with Gasteiger partial charge in [-0.15, -0.1) is 0 Å². The average Bonchev–Trinajstić information content (AvgIpc) is 2.27. The van der Waals surface area contributed by atoms with Gasteiger partial charge in [-0.05, 0) is 13.8 Å². The molecule has 0 bridgehead atoms. The summed E-state index contributed by atoms with van der Waals surface area (Å²) in [5.74, 6) is -1.18. The molecule has 5 heteroatoms. The summed E-state index contributed by atoms with van der Waals surface area (Å²) in [6.45, 7) is 3.14. The first-order valence-corrected chi connectivity index (χ1v) is 5.05. The van der Waals surface area contributed by atoms with E-state index in [4.69, 9.17) is 14.6 Å². The number of methoxy groups -OCH3 is 2. The lowest BCUT2D eigenvalue weighted by Gasteiger charge is -2.17. The molecule has 0 unspecified atom stereocenters. The molecule has 1 aromatic rings. The van der Waals surface area contributed by atoms with Crippen molar-refractivity contribution in [2.24, 2.45) is 0 Å². The quantitative estimate of drug-likeness (QED) is 0.878. The molecule has 0 amide bonds. The predicted molar refractivity (Wildman–Crippen MR) is 60.3 cm³/mol. The summed E-state index contributed by atoms with van der Waals surface area (Å²) in [5, 5.41) is 8.84. The zero-order valence-electron chi connectivity index (χ0n) is 10.3. The van der Waals surface area contributed by atoms with Crippen LogP contribution in [0.2, 0.25) is 0 Å². The molecule has 4 nitrogen and oxygen atoms in total. The number of hydrogen-bond donors (Lipinski definition) is 1. The number of ether oxygens (including phenoxy) is 2. The van der Waals surface area contributed by atoms with Gasteiger partial charge < -0.3 is 14.6 Å². The van der Waals surface area contributed by atoms with Crippen LogP contribution < -0.4 is 9.47 Å². The van der Waals surface area contributed by atoms with Crippen LogP contribution in [0.1, 0.15) is 16.7 Å². The highest BCUT2D eigenvalue weighted by Crippen LogP contribution is 2.37. The summed E-state index contributed by atoms with van der Waals surface area (Å²) < 4.78 is 23.9. The first-order valence-electron chi connectivity index (χ1n) is 5.05. The van der Waals surface area contributed by atoms with Gasteiger partial charge in [0.2, 0.25) is 0 Å². The van der Waals surface area contributed by atoms with Crippen LogP contribution >= 0.6 is 0 Å². The fourth-order valence-corrected chi connectivity index (χ4v) is 1.85. The summed E-state index contributed by atoms with van der Waals surface area (Å²) in [7, 11) is 2.74. The van der Waals surface area contributed by atoms with E-state index >= 15 is 0 Å². The molecule has 1 N–H and O–H groups in total. The SMILES string of the molecule is COc1c(C)c(CC(=O)O)c(OC)c(C)c1F. The largest absolute Gasteiger partial charge is 0.496 e. The zero-order chi connectivity index (χ0) is 13.2. The van der Waals surface area contributed by atoms with E-state index in [0.717, 1.165) is 0 Å². The Kier molecular flexibility index (Phi) is 3.93. The maximum atomic E-state index is 13.9. The Hall–Kier alpha value is -1.78. The molecule has 0 heterocycles. The molecule has 0 aliphatic heterocycles. The van der Waals surface area contributed by atoms with Gasteiger partial charge in [-0.25, -0.2) is 4.39 Å². The highest BCUT2D eigenvalue weighted by atomic mass is 19.1. The van der Waals surface area contributed by atoms with E-state index in [1.54, 1.807) is 6.92 Å². The van der Waals surface area contributed by atoms with Crippen molar-refractivity contribution in [3.63, 3.8) is 0 Å². The molecular weight excluding hydrogens is 227 g/mol. The van der Waals surface area contributed by atoms with Crippen molar-refractivity contribution < 1.29 is 23.8 Å². The topological polar surface area (TPSA) is 55.8 Å². The van der Waals surface area contributed by atoms with E-state index in [2.05, 4.69) is 0 Å². The summed E-state index contributed by atoms with van der Waals surface area (Å²) in [6.07, 6.45) is -0.230. The lowest BCUT2D eigenvalue weighted by atomic mass is 9.99. The van der Waals surface area contributed by atoms with E-state index in [-0.39, 0.29) is 23.5 Å². The van der Waals surface area contributed by atoms with E-state index < -0.39 is 11.8 Å². The summed E-state index contributed by atoms with van der Waals surface area (Å²) in [5.41, 5.74) is 1.15. The molecule has 0 spiro atoms. The summed E-state index contributed by atoms with van der Waals surface area (Å²) >= 11 is 0. The normalized spacial score (nSPS) is 10.2. The van der Waals surface area contributed by atoms with E-state index in [9.17, 15) is 9.18 Å². The van der Waals surface area contributed by atoms with Crippen molar-refractivity contribution in [1.29, 1.82) is 0 Å². The minimum atomic E-state index is -1.00. The second-order valence-corrected chi connectivity index (χ2v) is 3.68. The standard InChI is InChI=1S/C12H15FO4/c1-6-8(5-9(14)15)11(16-3)7(2)10(13)12(6)17-4/h5H2,1-4H3,(H,14,15). The van der Waals surface area contributed by atoms with Gasteiger partial charge in [0, 0.05) is 16.7 Å². The predicted octanol–water partition coefficient (Wildman–Crippen LogP) is 2.09. The molecule has 0 aromatic heterocycles. The number of hydrogen-bond acceptors (Lipinski definition) is 3. The highest BCUT2D eigenvalue weighted by Gasteiger charge is 2.22. The van der Waals surface area contributed by atoms with Gasteiger partial charge >= 0.3 is 5.97 Å². The van der Waals surface area contributed by atoms with Crippen molar-refractivity contribution in [2.45, 2.75) is 20.3 Å². The van der Waals surface area contributed by atoms with Crippen LogP contribution in [0.3, 0.4) is 0 Å². The molecule has 1 aromatic carbocycles. The van der Waals surface area contributed by atoms with Gasteiger partial charge in [0.25, 0.3) is 0 Å². The van der Waals surface area contributed by atoms with Gasteiger partial charge in [-0.2, -0.15) is 0 Å². The van der Waals surface area contributed by atoms with Gasteiger partial charge in [0.1, 0.15) is 5.75 Å². The fourth-order valence-electron chi connectivity index (χ4n) is 1.85. The van der Waals surface area contributed by atoms with E-state index in [1.807, 2.05) is 0 Å². The molecule has 0 fully saturated rings. The second-order valence-electron chi connectivity index (χ2n) is 3.68. The van der Waals surface area contributed by atoms with Crippen LogP contribution in [-0.4, -0.2) is 25.3 Å². The van der Waals surface area contributed by atoms with Crippen LogP contribution in [0.15, 0.2) is 0 Å². The monoisotopic (exact) mass is 242 g/mol. The Morgan fingerprint density at radius 3 is 2.12 bits per heavy atom. The molecular formula is C12H15FO4. The fraction of sp³-hybridized carbons (Fsp3) is 0.417.